The number of hydrogen-bond acceptors (Lipinski definition) is 3. The molecule has 0 spiro atoms. The highest BCUT2D eigenvalue weighted by atomic mass is 127. The molecule has 2 rings (SSSR count). The van der Waals surface area contributed by atoms with Crippen molar-refractivity contribution in [2.45, 2.75) is 38.4 Å². The first kappa shape index (κ1) is 22.1. The Bertz CT molecular complexity index is 635. The molecule has 7 heteroatoms. The number of aliphatic imine (C=N–C) groups is 1. The predicted molar refractivity (Wildman–Crippen MR) is 121 cm³/mol. The van der Waals surface area contributed by atoms with Gasteiger partial charge in [0.25, 0.3) is 0 Å². The largest absolute Gasteiger partial charge is 0.357 e. The Balaban J connectivity index is 0.00000312. The van der Waals surface area contributed by atoms with Crippen molar-refractivity contribution in [3.8, 4) is 0 Å². The lowest BCUT2D eigenvalue weighted by molar-refractivity contribution is 0.697. The zero-order valence-electron chi connectivity index (χ0n) is 15.6. The van der Waals surface area contributed by atoms with Crippen molar-refractivity contribution < 1.29 is 0 Å². The second kappa shape index (κ2) is 10.9. The summed E-state index contributed by atoms with van der Waals surface area (Å²) in [4.78, 5) is 12.7. The summed E-state index contributed by atoms with van der Waals surface area (Å²) >= 11 is 1.84. The molecule has 0 radical (unpaired) electrons. The van der Waals surface area contributed by atoms with E-state index in [2.05, 4.69) is 58.7 Å². The molecular formula is C18H30IN5S. The molecular weight excluding hydrogens is 445 g/mol. The van der Waals surface area contributed by atoms with Gasteiger partial charge in [-0.15, -0.1) is 24.0 Å². The Labute approximate surface area is 172 Å². The minimum absolute atomic E-state index is 0. The minimum atomic E-state index is 0. The van der Waals surface area contributed by atoms with Crippen molar-refractivity contribution >= 4 is 52.7 Å². The number of nitrogens with zero attached hydrogens (tertiary/aromatic N) is 2. The van der Waals surface area contributed by atoms with Crippen molar-refractivity contribution in [1.82, 2.24) is 20.6 Å². The number of rotatable bonds is 8. The van der Waals surface area contributed by atoms with E-state index in [1.807, 2.05) is 30.0 Å². The molecule has 2 aromatic rings. The first-order valence-electron chi connectivity index (χ1n) is 8.55. The maximum Gasteiger partial charge on any atom is 0.191 e. The summed E-state index contributed by atoms with van der Waals surface area (Å²) in [6.07, 6.45) is 4.07. The number of para-hydroxylation sites is 2. The van der Waals surface area contributed by atoms with E-state index in [1.165, 1.54) is 0 Å². The number of nitrogens with one attached hydrogen (secondary N) is 3. The summed E-state index contributed by atoms with van der Waals surface area (Å²) in [6, 6.07) is 8.15. The van der Waals surface area contributed by atoms with Crippen molar-refractivity contribution in [3.05, 3.63) is 30.1 Å². The number of guanidine groups is 1. The molecule has 0 amide bonds. The third kappa shape index (κ3) is 7.43. The van der Waals surface area contributed by atoms with Crippen molar-refractivity contribution in [1.29, 1.82) is 0 Å². The Morgan fingerprint density at radius 1 is 1.28 bits per heavy atom. The molecule has 1 aromatic heterocycles. The van der Waals surface area contributed by atoms with Crippen LogP contribution in [-0.4, -0.2) is 46.6 Å². The second-order valence-corrected chi connectivity index (χ2v) is 7.90. The number of H-pyrrole nitrogens is 1. The summed E-state index contributed by atoms with van der Waals surface area (Å²) in [5.41, 5.74) is 2.14. The quantitative estimate of drug-likeness (QED) is 0.235. The molecule has 0 aliphatic rings. The molecule has 0 aliphatic carbocycles. The van der Waals surface area contributed by atoms with E-state index >= 15 is 0 Å². The number of benzene rings is 1. The Morgan fingerprint density at radius 3 is 2.72 bits per heavy atom. The van der Waals surface area contributed by atoms with Crippen LogP contribution in [0.1, 0.15) is 33.0 Å². The van der Waals surface area contributed by atoms with E-state index < -0.39 is 0 Å². The second-order valence-electron chi connectivity index (χ2n) is 6.39. The van der Waals surface area contributed by atoms with E-state index in [4.69, 9.17) is 0 Å². The minimum Gasteiger partial charge on any atom is -0.357 e. The lowest BCUT2D eigenvalue weighted by Crippen LogP contribution is -2.39. The lowest BCUT2D eigenvalue weighted by atomic mass is 10.2. The van der Waals surface area contributed by atoms with E-state index in [9.17, 15) is 0 Å². The fourth-order valence-corrected chi connectivity index (χ4v) is 2.46. The van der Waals surface area contributed by atoms with E-state index in [-0.39, 0.29) is 28.7 Å². The van der Waals surface area contributed by atoms with Gasteiger partial charge in [0.05, 0.1) is 17.6 Å². The molecule has 25 heavy (non-hydrogen) atoms. The van der Waals surface area contributed by atoms with Crippen LogP contribution < -0.4 is 10.6 Å². The summed E-state index contributed by atoms with van der Waals surface area (Å²) < 4.78 is 0.163. The van der Waals surface area contributed by atoms with Crippen LogP contribution in [0.2, 0.25) is 0 Å². The molecule has 0 saturated heterocycles. The standard InChI is InChI=1S/C18H29N5S.HI/c1-5-19-17(21-13-18(2,3)24-4)20-12-8-11-16-22-14-9-6-7-10-15(14)23-16;/h6-7,9-10H,5,8,11-13H2,1-4H3,(H,22,23)(H2,19,20,21);1H. The molecule has 1 heterocycles. The number of aromatic nitrogens is 2. The normalized spacial score (nSPS) is 12.1. The van der Waals surface area contributed by atoms with Crippen LogP contribution in [0.5, 0.6) is 0 Å². The summed E-state index contributed by atoms with van der Waals surface area (Å²) in [5.74, 6) is 1.94. The number of halogens is 1. The van der Waals surface area contributed by atoms with Gasteiger partial charge in [-0.1, -0.05) is 12.1 Å². The molecule has 140 valence electrons. The molecule has 1 aromatic carbocycles. The fraction of sp³-hybridized carbons (Fsp3) is 0.556. The van der Waals surface area contributed by atoms with Crippen molar-refractivity contribution in [2.24, 2.45) is 4.99 Å². The molecule has 3 N–H and O–H groups in total. The van der Waals surface area contributed by atoms with Crippen LogP contribution in [0, 0.1) is 0 Å². The van der Waals surface area contributed by atoms with Gasteiger partial charge in [0.15, 0.2) is 5.96 Å². The molecule has 0 aliphatic heterocycles. The summed E-state index contributed by atoms with van der Waals surface area (Å²) in [5, 5.41) is 6.71. The molecule has 0 fully saturated rings. The van der Waals surface area contributed by atoms with Gasteiger partial charge in [0, 0.05) is 24.3 Å². The third-order valence-electron chi connectivity index (χ3n) is 3.84. The smallest absolute Gasteiger partial charge is 0.191 e. The van der Waals surface area contributed by atoms with E-state index in [0.29, 0.717) is 0 Å². The molecule has 0 unspecified atom stereocenters. The first-order chi connectivity index (χ1) is 11.5. The van der Waals surface area contributed by atoms with Gasteiger partial charge >= 0.3 is 0 Å². The van der Waals surface area contributed by atoms with Gasteiger partial charge in [-0.3, -0.25) is 4.99 Å². The third-order valence-corrected chi connectivity index (χ3v) is 5.07. The number of aromatic amines is 1. The van der Waals surface area contributed by atoms with Gasteiger partial charge in [0.1, 0.15) is 5.82 Å². The Kier molecular flexibility index (Phi) is 9.63. The molecule has 5 nitrogen and oxygen atoms in total. The zero-order valence-corrected chi connectivity index (χ0v) is 18.7. The maximum atomic E-state index is 4.69. The lowest BCUT2D eigenvalue weighted by Gasteiger charge is -2.20. The molecule has 0 atom stereocenters. The van der Waals surface area contributed by atoms with Crippen molar-refractivity contribution in [3.63, 3.8) is 0 Å². The average molecular weight is 475 g/mol. The zero-order chi connectivity index (χ0) is 17.4. The van der Waals surface area contributed by atoms with Crippen LogP contribution >= 0.6 is 35.7 Å². The van der Waals surface area contributed by atoms with Crippen LogP contribution in [0.4, 0.5) is 0 Å². The van der Waals surface area contributed by atoms with Crippen LogP contribution in [0.15, 0.2) is 29.3 Å². The molecule has 0 bridgehead atoms. The van der Waals surface area contributed by atoms with Gasteiger partial charge in [-0.2, -0.15) is 11.8 Å². The number of aryl methyl sites for hydroxylation is 1. The fourth-order valence-electron chi connectivity index (χ4n) is 2.26. The predicted octanol–water partition coefficient (Wildman–Crippen LogP) is 3.81. The maximum absolute atomic E-state index is 4.69. The van der Waals surface area contributed by atoms with Gasteiger partial charge in [0.2, 0.25) is 0 Å². The Morgan fingerprint density at radius 2 is 2.04 bits per heavy atom. The van der Waals surface area contributed by atoms with E-state index in [0.717, 1.165) is 55.3 Å². The number of thioether (sulfide) groups is 1. The van der Waals surface area contributed by atoms with Gasteiger partial charge in [-0.05, 0) is 45.6 Å². The SMILES string of the molecule is CCNC(=NCC(C)(C)SC)NCCCc1nc2ccccc2[nH]1.I. The highest BCUT2D eigenvalue weighted by Crippen LogP contribution is 2.20. The van der Waals surface area contributed by atoms with Gasteiger partial charge in [-0.25, -0.2) is 4.98 Å². The highest BCUT2D eigenvalue weighted by molar-refractivity contribution is 14.0. The van der Waals surface area contributed by atoms with Crippen LogP contribution in [0.3, 0.4) is 0 Å². The highest BCUT2D eigenvalue weighted by Gasteiger charge is 2.15. The average Bonchev–Trinajstić information content (AvgIpc) is 2.99. The summed E-state index contributed by atoms with van der Waals surface area (Å²) in [7, 11) is 0. The topological polar surface area (TPSA) is 65.1 Å². The van der Waals surface area contributed by atoms with Crippen LogP contribution in [-0.2, 0) is 6.42 Å². The van der Waals surface area contributed by atoms with Gasteiger partial charge < -0.3 is 15.6 Å². The number of imidazole rings is 1. The number of hydrogen-bond donors (Lipinski definition) is 3. The monoisotopic (exact) mass is 475 g/mol. The first-order valence-corrected chi connectivity index (χ1v) is 9.77. The Hall–Kier alpha value is -0.960. The molecule has 0 saturated carbocycles. The van der Waals surface area contributed by atoms with Crippen LogP contribution in [0.25, 0.3) is 11.0 Å². The van der Waals surface area contributed by atoms with E-state index in [1.54, 1.807) is 0 Å². The van der Waals surface area contributed by atoms with Crippen molar-refractivity contribution in [2.75, 3.05) is 25.9 Å². The summed E-state index contributed by atoms with van der Waals surface area (Å²) in [6.45, 7) is 9.06. The number of fused-ring (bicyclic) bond motifs is 1.